The minimum atomic E-state index is 0.652. The van der Waals surface area contributed by atoms with Gasteiger partial charge in [0.1, 0.15) is 0 Å². The molecule has 1 aromatic rings. The molecule has 0 unspecified atom stereocenters. The maximum atomic E-state index is 5.61. The molecule has 1 heterocycles. The number of hydrogen-bond donors (Lipinski definition) is 1. The number of aryl methyl sites for hydroxylation is 1. The van der Waals surface area contributed by atoms with Gasteiger partial charge in [-0.15, -0.1) is 0 Å². The molecule has 0 radical (unpaired) electrons. The number of rotatable bonds is 7. The van der Waals surface area contributed by atoms with Crippen molar-refractivity contribution in [1.82, 2.24) is 9.97 Å². The lowest BCUT2D eigenvalue weighted by Gasteiger charge is -2.09. The lowest BCUT2D eigenvalue weighted by Crippen LogP contribution is -2.07. The van der Waals surface area contributed by atoms with E-state index in [1.807, 2.05) is 6.92 Å². The van der Waals surface area contributed by atoms with E-state index in [4.69, 9.17) is 4.74 Å². The number of anilines is 1. The molecule has 0 amide bonds. The first kappa shape index (κ1) is 12.7. The zero-order chi connectivity index (χ0) is 11.8. The molecule has 0 saturated carbocycles. The fourth-order valence-corrected chi connectivity index (χ4v) is 1.21. The molecular weight excluding hydrogens is 202 g/mol. The Hall–Kier alpha value is -1.32. The highest BCUT2D eigenvalue weighted by Crippen LogP contribution is 2.15. The van der Waals surface area contributed by atoms with Gasteiger partial charge >= 0.3 is 0 Å². The largest absolute Gasteiger partial charge is 0.477 e. The third-order valence-corrected chi connectivity index (χ3v) is 2.20. The van der Waals surface area contributed by atoms with Gasteiger partial charge in [0, 0.05) is 18.3 Å². The number of hydrogen-bond acceptors (Lipinski definition) is 4. The van der Waals surface area contributed by atoms with E-state index >= 15 is 0 Å². The summed E-state index contributed by atoms with van der Waals surface area (Å²) in [4.78, 5) is 8.54. The lowest BCUT2D eigenvalue weighted by molar-refractivity contribution is 0.295. The van der Waals surface area contributed by atoms with Gasteiger partial charge in [0.2, 0.25) is 11.8 Å². The number of unbranched alkanes of at least 4 members (excludes halogenated alkanes) is 1. The van der Waals surface area contributed by atoms with E-state index in [-0.39, 0.29) is 0 Å². The minimum Gasteiger partial charge on any atom is -0.477 e. The average Bonchev–Trinajstić information content (AvgIpc) is 2.30. The van der Waals surface area contributed by atoms with Crippen molar-refractivity contribution in [1.29, 1.82) is 0 Å². The maximum absolute atomic E-state index is 5.61. The number of ether oxygens (including phenoxy) is 1. The van der Waals surface area contributed by atoms with Gasteiger partial charge in [0.05, 0.1) is 6.61 Å². The molecular formula is C12H21N3O. The molecule has 4 heteroatoms. The summed E-state index contributed by atoms with van der Waals surface area (Å²) in [5.74, 6) is 1.35. The highest BCUT2D eigenvalue weighted by atomic mass is 16.5. The van der Waals surface area contributed by atoms with Crippen LogP contribution in [0.1, 0.15) is 38.7 Å². The van der Waals surface area contributed by atoms with Crippen molar-refractivity contribution in [2.45, 2.75) is 40.0 Å². The standard InChI is InChI=1S/C12H21N3O/c1-4-6-8-16-11-10(3)9-14-12(15-11)13-7-5-2/h9H,4-8H2,1-3H3,(H,13,14,15). The Labute approximate surface area is 97.5 Å². The molecule has 0 aliphatic rings. The third kappa shape index (κ3) is 4.04. The number of nitrogens with one attached hydrogen (secondary N) is 1. The van der Waals surface area contributed by atoms with Gasteiger partial charge in [-0.25, -0.2) is 4.98 Å². The van der Waals surface area contributed by atoms with Gasteiger partial charge in [0.15, 0.2) is 0 Å². The van der Waals surface area contributed by atoms with Crippen molar-refractivity contribution in [3.8, 4) is 5.88 Å². The topological polar surface area (TPSA) is 47.0 Å². The normalized spacial score (nSPS) is 10.2. The SMILES string of the molecule is CCCCOc1nc(NCCC)ncc1C. The molecule has 90 valence electrons. The number of nitrogens with zero attached hydrogens (tertiary/aromatic N) is 2. The summed E-state index contributed by atoms with van der Waals surface area (Å²) in [6, 6.07) is 0. The Morgan fingerprint density at radius 3 is 2.81 bits per heavy atom. The van der Waals surface area contributed by atoms with Crippen molar-refractivity contribution in [2.75, 3.05) is 18.5 Å². The molecule has 16 heavy (non-hydrogen) atoms. The molecule has 0 aliphatic carbocycles. The van der Waals surface area contributed by atoms with E-state index in [2.05, 4.69) is 29.1 Å². The van der Waals surface area contributed by atoms with Crippen LogP contribution in [0.15, 0.2) is 6.20 Å². The quantitative estimate of drug-likeness (QED) is 0.722. The van der Waals surface area contributed by atoms with E-state index in [1.165, 1.54) is 0 Å². The summed E-state index contributed by atoms with van der Waals surface area (Å²) in [7, 11) is 0. The van der Waals surface area contributed by atoms with Gasteiger partial charge in [-0.1, -0.05) is 20.3 Å². The summed E-state index contributed by atoms with van der Waals surface area (Å²) in [5.41, 5.74) is 0.984. The van der Waals surface area contributed by atoms with E-state index in [1.54, 1.807) is 6.20 Å². The van der Waals surface area contributed by atoms with Crippen LogP contribution in [0.5, 0.6) is 5.88 Å². The van der Waals surface area contributed by atoms with Gasteiger partial charge in [-0.05, 0) is 19.8 Å². The van der Waals surface area contributed by atoms with Crippen molar-refractivity contribution in [2.24, 2.45) is 0 Å². The van der Waals surface area contributed by atoms with Crippen LogP contribution in [0, 0.1) is 6.92 Å². The van der Waals surface area contributed by atoms with Crippen LogP contribution in [0.3, 0.4) is 0 Å². The van der Waals surface area contributed by atoms with Gasteiger partial charge in [-0.2, -0.15) is 4.98 Å². The Morgan fingerprint density at radius 1 is 1.31 bits per heavy atom. The van der Waals surface area contributed by atoms with Crippen LogP contribution in [0.4, 0.5) is 5.95 Å². The predicted octanol–water partition coefficient (Wildman–Crippen LogP) is 2.79. The summed E-state index contributed by atoms with van der Waals surface area (Å²) < 4.78 is 5.61. The van der Waals surface area contributed by atoms with Crippen LogP contribution in [-0.4, -0.2) is 23.1 Å². The highest BCUT2D eigenvalue weighted by Gasteiger charge is 2.04. The van der Waals surface area contributed by atoms with Crippen LogP contribution < -0.4 is 10.1 Å². The van der Waals surface area contributed by atoms with Crippen molar-refractivity contribution < 1.29 is 4.74 Å². The van der Waals surface area contributed by atoms with Crippen molar-refractivity contribution >= 4 is 5.95 Å². The third-order valence-electron chi connectivity index (χ3n) is 2.20. The predicted molar refractivity (Wildman–Crippen MR) is 66.0 cm³/mol. The Morgan fingerprint density at radius 2 is 2.12 bits per heavy atom. The minimum absolute atomic E-state index is 0.652. The first-order valence-corrected chi connectivity index (χ1v) is 5.98. The molecule has 1 rings (SSSR count). The second kappa shape index (κ2) is 7.04. The highest BCUT2D eigenvalue weighted by molar-refractivity contribution is 5.32. The Kier molecular flexibility index (Phi) is 5.61. The average molecular weight is 223 g/mol. The van der Waals surface area contributed by atoms with Crippen LogP contribution in [0.25, 0.3) is 0 Å². The molecule has 0 aliphatic heterocycles. The molecule has 0 fully saturated rings. The molecule has 0 spiro atoms. The zero-order valence-electron chi connectivity index (χ0n) is 10.4. The van der Waals surface area contributed by atoms with Crippen LogP contribution >= 0.6 is 0 Å². The smallest absolute Gasteiger partial charge is 0.225 e. The Bertz CT molecular complexity index is 315. The second-order valence-corrected chi connectivity index (χ2v) is 3.81. The van der Waals surface area contributed by atoms with Gasteiger partial charge < -0.3 is 10.1 Å². The first-order chi connectivity index (χ1) is 7.77. The van der Waals surface area contributed by atoms with Crippen LogP contribution in [0.2, 0.25) is 0 Å². The first-order valence-electron chi connectivity index (χ1n) is 5.98. The number of aromatic nitrogens is 2. The van der Waals surface area contributed by atoms with Crippen molar-refractivity contribution in [3.63, 3.8) is 0 Å². The molecule has 1 N–H and O–H groups in total. The Balaban J connectivity index is 2.59. The molecule has 0 atom stereocenters. The zero-order valence-corrected chi connectivity index (χ0v) is 10.4. The summed E-state index contributed by atoms with van der Waals surface area (Å²) >= 11 is 0. The molecule has 1 aromatic heterocycles. The van der Waals surface area contributed by atoms with Gasteiger partial charge in [-0.3, -0.25) is 0 Å². The lowest BCUT2D eigenvalue weighted by atomic mass is 10.3. The van der Waals surface area contributed by atoms with Gasteiger partial charge in [0.25, 0.3) is 0 Å². The molecule has 0 bridgehead atoms. The molecule has 0 saturated heterocycles. The monoisotopic (exact) mass is 223 g/mol. The second-order valence-electron chi connectivity index (χ2n) is 3.81. The fraction of sp³-hybridized carbons (Fsp3) is 0.667. The van der Waals surface area contributed by atoms with Crippen molar-refractivity contribution in [3.05, 3.63) is 11.8 Å². The fourth-order valence-electron chi connectivity index (χ4n) is 1.21. The van der Waals surface area contributed by atoms with E-state index in [9.17, 15) is 0 Å². The summed E-state index contributed by atoms with van der Waals surface area (Å²) in [6.45, 7) is 7.83. The molecule has 0 aromatic carbocycles. The summed E-state index contributed by atoms with van der Waals surface area (Å²) in [6.07, 6.45) is 5.04. The van der Waals surface area contributed by atoms with E-state index in [0.717, 1.165) is 38.0 Å². The van der Waals surface area contributed by atoms with E-state index < -0.39 is 0 Å². The maximum Gasteiger partial charge on any atom is 0.225 e. The van der Waals surface area contributed by atoms with E-state index in [0.29, 0.717) is 11.8 Å². The summed E-state index contributed by atoms with van der Waals surface area (Å²) in [5, 5.41) is 3.15. The molecule has 4 nitrogen and oxygen atoms in total. The van der Waals surface area contributed by atoms with Crippen LogP contribution in [-0.2, 0) is 0 Å².